The maximum atomic E-state index is 13.3. The summed E-state index contributed by atoms with van der Waals surface area (Å²) in [7, 11) is 0. The SMILES string of the molecule is C[C@H]1C[C@@]2(C)[C@@H](CC[C@H]3[C@@H]4CC[C@H](C#N)[C@@]4(C)CC(=O)[C@@H]32)C[C@@H]1O. The average molecular weight is 329 g/mol. The molecule has 3 heteroatoms. The highest BCUT2D eigenvalue weighted by Crippen LogP contribution is 2.66. The molecule has 4 aliphatic carbocycles. The van der Waals surface area contributed by atoms with Gasteiger partial charge in [-0.05, 0) is 73.0 Å². The van der Waals surface area contributed by atoms with E-state index < -0.39 is 0 Å². The minimum atomic E-state index is -0.196. The van der Waals surface area contributed by atoms with Gasteiger partial charge in [0.25, 0.3) is 0 Å². The minimum absolute atomic E-state index is 0.0602. The van der Waals surface area contributed by atoms with Gasteiger partial charge in [0.05, 0.1) is 18.1 Å². The molecule has 4 aliphatic rings. The van der Waals surface area contributed by atoms with Crippen LogP contribution in [0.5, 0.6) is 0 Å². The highest BCUT2D eigenvalue weighted by atomic mass is 16.3. The molecule has 0 radical (unpaired) electrons. The Hall–Kier alpha value is -0.880. The highest BCUT2D eigenvalue weighted by molar-refractivity contribution is 5.84. The Kier molecular flexibility index (Phi) is 3.67. The molecule has 0 bridgehead atoms. The summed E-state index contributed by atoms with van der Waals surface area (Å²) in [4.78, 5) is 13.3. The summed E-state index contributed by atoms with van der Waals surface area (Å²) in [6.07, 6.45) is 6.64. The van der Waals surface area contributed by atoms with E-state index in [1.807, 2.05) is 0 Å². The Morgan fingerprint density at radius 3 is 2.62 bits per heavy atom. The lowest BCUT2D eigenvalue weighted by Gasteiger charge is -2.60. The normalized spacial score (nSPS) is 56.8. The Balaban J connectivity index is 1.70. The van der Waals surface area contributed by atoms with Gasteiger partial charge >= 0.3 is 0 Å². The van der Waals surface area contributed by atoms with E-state index in [0.717, 1.165) is 38.5 Å². The quantitative estimate of drug-likeness (QED) is 0.732. The Morgan fingerprint density at radius 1 is 1.17 bits per heavy atom. The van der Waals surface area contributed by atoms with Crippen LogP contribution in [0.4, 0.5) is 0 Å². The zero-order chi connectivity index (χ0) is 17.3. The van der Waals surface area contributed by atoms with Crippen LogP contribution in [0.15, 0.2) is 0 Å². The van der Waals surface area contributed by atoms with Gasteiger partial charge in [-0.1, -0.05) is 20.8 Å². The van der Waals surface area contributed by atoms with E-state index >= 15 is 0 Å². The van der Waals surface area contributed by atoms with Crippen LogP contribution in [0.2, 0.25) is 0 Å². The zero-order valence-electron chi connectivity index (χ0n) is 15.3. The number of carbonyl (C=O) groups excluding carboxylic acids is 1. The van der Waals surface area contributed by atoms with Gasteiger partial charge in [0.1, 0.15) is 5.78 Å². The molecule has 0 aliphatic heterocycles. The number of fused-ring (bicyclic) bond motifs is 5. The second kappa shape index (κ2) is 5.31. The molecular weight excluding hydrogens is 298 g/mol. The van der Waals surface area contributed by atoms with E-state index in [1.165, 1.54) is 0 Å². The van der Waals surface area contributed by atoms with Crippen LogP contribution in [-0.2, 0) is 4.79 Å². The number of ketones is 1. The fraction of sp³-hybridized carbons (Fsp3) is 0.905. The summed E-state index contributed by atoms with van der Waals surface area (Å²) >= 11 is 0. The number of aliphatic hydroxyl groups is 1. The van der Waals surface area contributed by atoms with Crippen molar-refractivity contribution in [2.24, 2.45) is 46.3 Å². The molecule has 0 heterocycles. The third-order valence-corrected chi connectivity index (χ3v) is 8.85. The van der Waals surface area contributed by atoms with Crippen molar-refractivity contribution < 1.29 is 9.90 Å². The minimum Gasteiger partial charge on any atom is -0.393 e. The molecule has 0 saturated heterocycles. The van der Waals surface area contributed by atoms with E-state index in [2.05, 4.69) is 26.8 Å². The number of rotatable bonds is 0. The van der Waals surface area contributed by atoms with E-state index in [9.17, 15) is 15.2 Å². The third kappa shape index (κ3) is 2.02. The summed E-state index contributed by atoms with van der Waals surface area (Å²) in [5.41, 5.74) is -0.0271. The largest absolute Gasteiger partial charge is 0.393 e. The molecule has 0 aromatic heterocycles. The molecule has 4 rings (SSSR count). The first-order chi connectivity index (χ1) is 11.3. The maximum absolute atomic E-state index is 13.3. The Morgan fingerprint density at radius 2 is 1.92 bits per heavy atom. The van der Waals surface area contributed by atoms with E-state index in [-0.39, 0.29) is 28.8 Å². The van der Waals surface area contributed by atoms with Crippen molar-refractivity contribution in [2.75, 3.05) is 0 Å². The second-order valence-corrected chi connectivity index (χ2v) is 9.92. The van der Waals surface area contributed by atoms with Gasteiger partial charge in [-0.25, -0.2) is 0 Å². The van der Waals surface area contributed by atoms with Crippen LogP contribution in [-0.4, -0.2) is 17.0 Å². The third-order valence-electron chi connectivity index (χ3n) is 8.85. The van der Waals surface area contributed by atoms with Gasteiger partial charge in [-0.3, -0.25) is 4.79 Å². The molecule has 0 aromatic carbocycles. The average Bonchev–Trinajstić information content (AvgIpc) is 2.84. The first kappa shape index (κ1) is 16.6. The number of hydrogen-bond acceptors (Lipinski definition) is 3. The van der Waals surface area contributed by atoms with Crippen molar-refractivity contribution >= 4 is 5.78 Å². The maximum Gasteiger partial charge on any atom is 0.137 e. The lowest BCUT2D eigenvalue weighted by molar-refractivity contribution is -0.164. The van der Waals surface area contributed by atoms with E-state index in [0.29, 0.717) is 35.9 Å². The number of carbonyl (C=O) groups is 1. The summed E-state index contributed by atoms with van der Waals surface area (Å²) in [6, 6.07) is 2.51. The molecule has 0 spiro atoms. The molecular formula is C21H31NO2. The summed E-state index contributed by atoms with van der Waals surface area (Å²) in [5.74, 6) is 2.46. The molecule has 3 nitrogen and oxygen atoms in total. The fourth-order valence-electron chi connectivity index (χ4n) is 7.63. The summed E-state index contributed by atoms with van der Waals surface area (Å²) in [5, 5.41) is 19.9. The standard InChI is InChI=1S/C21H31NO2/c1-12-9-21(3)13(8-17(12)23)4-6-15-16-7-5-14(11-22)20(16,2)10-18(24)19(15)21/h12-17,19,23H,4-10H2,1-3H3/t12-,13-,14+,15-,16-,17-,19+,20+,21-/m0/s1. The first-order valence-corrected chi connectivity index (χ1v) is 9.91. The molecule has 132 valence electrons. The first-order valence-electron chi connectivity index (χ1n) is 9.91. The Labute approximate surface area is 145 Å². The van der Waals surface area contributed by atoms with Crippen molar-refractivity contribution in [3.05, 3.63) is 0 Å². The van der Waals surface area contributed by atoms with Gasteiger partial charge in [0, 0.05) is 12.3 Å². The molecule has 4 fully saturated rings. The smallest absolute Gasteiger partial charge is 0.137 e. The van der Waals surface area contributed by atoms with Crippen LogP contribution in [0.3, 0.4) is 0 Å². The van der Waals surface area contributed by atoms with Crippen molar-refractivity contribution in [1.29, 1.82) is 5.26 Å². The van der Waals surface area contributed by atoms with Crippen molar-refractivity contribution in [3.8, 4) is 6.07 Å². The number of aliphatic hydroxyl groups excluding tert-OH is 1. The Bertz CT molecular complexity index is 595. The number of nitrogens with zero attached hydrogens (tertiary/aromatic N) is 1. The van der Waals surface area contributed by atoms with Crippen LogP contribution in [0, 0.1) is 57.7 Å². The van der Waals surface area contributed by atoms with Crippen LogP contribution in [0.1, 0.15) is 65.7 Å². The molecule has 9 atom stereocenters. The number of Topliss-reactive ketones (excluding diaryl/α,β-unsaturated/α-hetero) is 1. The molecule has 24 heavy (non-hydrogen) atoms. The lowest BCUT2D eigenvalue weighted by atomic mass is 9.43. The predicted octanol–water partition coefficient (Wildman–Crippen LogP) is 3.95. The number of hydrogen-bond donors (Lipinski definition) is 1. The fourth-order valence-corrected chi connectivity index (χ4v) is 7.63. The molecule has 4 saturated carbocycles. The van der Waals surface area contributed by atoms with Crippen molar-refractivity contribution in [2.45, 2.75) is 71.8 Å². The molecule has 0 aromatic rings. The van der Waals surface area contributed by atoms with Crippen LogP contribution < -0.4 is 0 Å². The van der Waals surface area contributed by atoms with Gasteiger partial charge in [-0.2, -0.15) is 5.26 Å². The highest BCUT2D eigenvalue weighted by Gasteiger charge is 2.63. The summed E-state index contributed by atoms with van der Waals surface area (Å²) in [6.45, 7) is 6.71. The topological polar surface area (TPSA) is 61.1 Å². The van der Waals surface area contributed by atoms with Crippen LogP contribution >= 0.6 is 0 Å². The van der Waals surface area contributed by atoms with Gasteiger partial charge in [0.15, 0.2) is 0 Å². The lowest BCUT2D eigenvalue weighted by Crippen LogP contribution is -2.58. The van der Waals surface area contributed by atoms with Crippen LogP contribution in [0.25, 0.3) is 0 Å². The van der Waals surface area contributed by atoms with Gasteiger partial charge in [0.2, 0.25) is 0 Å². The van der Waals surface area contributed by atoms with Crippen molar-refractivity contribution in [3.63, 3.8) is 0 Å². The molecule has 0 unspecified atom stereocenters. The van der Waals surface area contributed by atoms with Gasteiger partial charge < -0.3 is 5.11 Å². The number of nitriles is 1. The van der Waals surface area contributed by atoms with Crippen molar-refractivity contribution in [1.82, 2.24) is 0 Å². The summed E-state index contributed by atoms with van der Waals surface area (Å²) < 4.78 is 0. The van der Waals surface area contributed by atoms with Gasteiger partial charge in [-0.15, -0.1) is 0 Å². The molecule has 0 amide bonds. The molecule has 1 N–H and O–H groups in total. The zero-order valence-corrected chi connectivity index (χ0v) is 15.3. The second-order valence-electron chi connectivity index (χ2n) is 9.92. The predicted molar refractivity (Wildman–Crippen MR) is 91.8 cm³/mol. The monoisotopic (exact) mass is 329 g/mol. The van der Waals surface area contributed by atoms with E-state index in [1.54, 1.807) is 0 Å². The van der Waals surface area contributed by atoms with E-state index in [4.69, 9.17) is 0 Å².